The molecule has 0 aromatic heterocycles. The third-order valence-electron chi connectivity index (χ3n) is 5.63. The van der Waals surface area contributed by atoms with E-state index in [-0.39, 0.29) is 11.8 Å². The largest absolute Gasteiger partial charge is 0.444 e. The molecule has 0 saturated carbocycles. The predicted octanol–water partition coefficient (Wildman–Crippen LogP) is 4.87. The first-order valence-corrected chi connectivity index (χ1v) is 17.1. The highest BCUT2D eigenvalue weighted by Gasteiger charge is 2.26. The fourth-order valence-electron chi connectivity index (χ4n) is 3.81. The standard InChI is InChI=1S/C32H46N4O6S2/c1-31(2,3)41-29(39)35-25(21-23-13-9-7-10-14-23)27(37)33-17-19-43-44-20-18-34-28(38)26(22-24-15-11-8-12-16-24)36-30(40)42-32(4,5)6/h7-16,25-26H,17-22H2,1-6H3,(H,33,37)(H,34,38)(H,35,39)(H,36,40)/t25-,26-/m0/s1. The minimum absolute atomic E-state index is 0.292. The molecule has 2 aromatic rings. The Balaban J connectivity index is 1.76. The van der Waals surface area contributed by atoms with Gasteiger partial charge in [0.15, 0.2) is 0 Å². The zero-order valence-electron chi connectivity index (χ0n) is 26.4. The number of hydrogen-bond acceptors (Lipinski definition) is 8. The van der Waals surface area contributed by atoms with Gasteiger partial charge in [-0.15, -0.1) is 0 Å². The summed E-state index contributed by atoms with van der Waals surface area (Å²) < 4.78 is 10.7. The van der Waals surface area contributed by atoms with Gasteiger partial charge in [0.25, 0.3) is 0 Å². The van der Waals surface area contributed by atoms with Crippen LogP contribution in [0.4, 0.5) is 9.59 Å². The molecule has 4 N–H and O–H groups in total. The first-order valence-electron chi connectivity index (χ1n) is 14.6. The normalized spacial score (nSPS) is 12.8. The van der Waals surface area contributed by atoms with Crippen LogP contribution in [-0.2, 0) is 31.9 Å². The Kier molecular flexibility index (Phi) is 15.4. The maximum absolute atomic E-state index is 12.9. The Morgan fingerprint density at radius 2 is 0.955 bits per heavy atom. The van der Waals surface area contributed by atoms with E-state index in [1.807, 2.05) is 60.7 Å². The molecule has 0 heterocycles. The first-order chi connectivity index (χ1) is 20.7. The second kappa shape index (κ2) is 18.4. The smallest absolute Gasteiger partial charge is 0.408 e. The molecule has 10 nitrogen and oxygen atoms in total. The van der Waals surface area contributed by atoms with Crippen molar-refractivity contribution in [2.24, 2.45) is 0 Å². The molecule has 2 rings (SSSR count). The predicted molar refractivity (Wildman–Crippen MR) is 178 cm³/mol. The third-order valence-corrected chi connectivity index (χ3v) is 8.04. The van der Waals surface area contributed by atoms with E-state index in [0.29, 0.717) is 37.4 Å². The summed E-state index contributed by atoms with van der Waals surface area (Å²) in [7, 11) is 3.12. The summed E-state index contributed by atoms with van der Waals surface area (Å²) in [6.07, 6.45) is -0.621. The summed E-state index contributed by atoms with van der Waals surface area (Å²) in [5.74, 6) is 0.677. The molecule has 0 aliphatic heterocycles. The minimum atomic E-state index is -0.779. The highest BCUT2D eigenvalue weighted by Crippen LogP contribution is 2.19. The molecule has 2 aromatic carbocycles. The number of amides is 4. The summed E-state index contributed by atoms with van der Waals surface area (Å²) in [5.41, 5.74) is 0.483. The van der Waals surface area contributed by atoms with E-state index in [1.54, 1.807) is 63.1 Å². The van der Waals surface area contributed by atoms with Gasteiger partial charge in [-0.25, -0.2) is 9.59 Å². The number of hydrogen-bond donors (Lipinski definition) is 4. The number of alkyl carbamates (subject to hydrolysis) is 2. The van der Waals surface area contributed by atoms with Gasteiger partial charge in [-0.1, -0.05) is 82.3 Å². The van der Waals surface area contributed by atoms with Crippen LogP contribution < -0.4 is 21.3 Å². The molecule has 0 fully saturated rings. The Morgan fingerprint density at radius 1 is 0.614 bits per heavy atom. The molecule has 0 aliphatic carbocycles. The minimum Gasteiger partial charge on any atom is -0.444 e. The lowest BCUT2D eigenvalue weighted by Crippen LogP contribution is -2.49. The van der Waals surface area contributed by atoms with E-state index in [0.717, 1.165) is 11.1 Å². The van der Waals surface area contributed by atoms with E-state index in [9.17, 15) is 19.2 Å². The van der Waals surface area contributed by atoms with E-state index >= 15 is 0 Å². The number of nitrogens with one attached hydrogen (secondary N) is 4. The first kappa shape index (κ1) is 36.8. The molecule has 0 radical (unpaired) electrons. The zero-order chi connectivity index (χ0) is 32.6. The van der Waals surface area contributed by atoms with Crippen LogP contribution in [0.3, 0.4) is 0 Å². The van der Waals surface area contributed by atoms with Crippen LogP contribution in [0.25, 0.3) is 0 Å². The topological polar surface area (TPSA) is 135 Å². The zero-order valence-corrected chi connectivity index (χ0v) is 28.1. The molecular formula is C32H46N4O6S2. The van der Waals surface area contributed by atoms with E-state index in [2.05, 4.69) is 21.3 Å². The van der Waals surface area contributed by atoms with Gasteiger partial charge < -0.3 is 30.7 Å². The second-order valence-corrected chi connectivity index (χ2v) is 14.7. The third kappa shape index (κ3) is 16.5. The average Bonchev–Trinajstić information content (AvgIpc) is 2.92. The van der Waals surface area contributed by atoms with Gasteiger partial charge in [0.2, 0.25) is 11.8 Å². The number of benzene rings is 2. The van der Waals surface area contributed by atoms with Crippen LogP contribution in [0.1, 0.15) is 52.7 Å². The molecule has 0 saturated heterocycles. The fourth-order valence-corrected chi connectivity index (χ4v) is 5.63. The van der Waals surface area contributed by atoms with Crippen molar-refractivity contribution >= 4 is 45.6 Å². The van der Waals surface area contributed by atoms with Gasteiger partial charge in [-0.05, 0) is 52.7 Å². The summed E-state index contributed by atoms with van der Waals surface area (Å²) >= 11 is 0. The number of ether oxygens (including phenoxy) is 2. The van der Waals surface area contributed by atoms with Crippen LogP contribution in [-0.4, -0.2) is 71.9 Å². The van der Waals surface area contributed by atoms with Gasteiger partial charge in [-0.2, -0.15) is 0 Å². The lowest BCUT2D eigenvalue weighted by atomic mass is 10.1. The van der Waals surface area contributed by atoms with Crippen molar-refractivity contribution in [3.8, 4) is 0 Å². The van der Waals surface area contributed by atoms with Crippen molar-refractivity contribution in [2.75, 3.05) is 24.6 Å². The molecule has 12 heteroatoms. The average molecular weight is 647 g/mol. The molecule has 2 atom stereocenters. The van der Waals surface area contributed by atoms with Gasteiger partial charge >= 0.3 is 12.2 Å². The van der Waals surface area contributed by atoms with E-state index in [1.165, 1.54) is 0 Å². The molecule has 0 aliphatic rings. The van der Waals surface area contributed by atoms with Crippen molar-refractivity contribution in [1.29, 1.82) is 0 Å². The van der Waals surface area contributed by atoms with Crippen molar-refractivity contribution in [1.82, 2.24) is 21.3 Å². The number of carbonyl (C=O) groups is 4. The number of carbonyl (C=O) groups excluding carboxylic acids is 4. The SMILES string of the molecule is CC(C)(C)OC(=O)N[C@@H](Cc1ccccc1)C(=O)NCCSSCCNC(=O)[C@H](Cc1ccccc1)NC(=O)OC(C)(C)C. The lowest BCUT2D eigenvalue weighted by molar-refractivity contribution is -0.123. The monoisotopic (exact) mass is 646 g/mol. The Morgan fingerprint density at radius 3 is 1.27 bits per heavy atom. The maximum Gasteiger partial charge on any atom is 0.408 e. The van der Waals surface area contributed by atoms with Crippen LogP contribution in [0.5, 0.6) is 0 Å². The summed E-state index contributed by atoms with van der Waals surface area (Å²) in [5, 5.41) is 11.2. The van der Waals surface area contributed by atoms with E-state index < -0.39 is 35.5 Å². The Labute approximate surface area is 269 Å². The quantitative estimate of drug-likeness (QED) is 0.159. The molecule has 242 valence electrons. The maximum atomic E-state index is 12.9. The summed E-state index contributed by atoms with van der Waals surface area (Å²) in [6.45, 7) is 11.4. The van der Waals surface area contributed by atoms with Crippen molar-refractivity contribution < 1.29 is 28.7 Å². The molecular weight excluding hydrogens is 601 g/mol. The summed E-state index contributed by atoms with van der Waals surface area (Å²) in [4.78, 5) is 50.5. The van der Waals surface area contributed by atoms with Gasteiger partial charge in [-0.3, -0.25) is 9.59 Å². The van der Waals surface area contributed by atoms with Crippen molar-refractivity contribution in [2.45, 2.75) is 77.7 Å². The second-order valence-electron chi connectivity index (χ2n) is 12.0. The molecule has 44 heavy (non-hydrogen) atoms. The van der Waals surface area contributed by atoms with Gasteiger partial charge in [0.1, 0.15) is 23.3 Å². The van der Waals surface area contributed by atoms with E-state index in [4.69, 9.17) is 9.47 Å². The van der Waals surface area contributed by atoms with Gasteiger partial charge in [0.05, 0.1) is 0 Å². The highest BCUT2D eigenvalue weighted by molar-refractivity contribution is 8.76. The molecule has 0 bridgehead atoms. The van der Waals surface area contributed by atoms with Crippen LogP contribution in [0.2, 0.25) is 0 Å². The molecule has 0 unspecified atom stereocenters. The van der Waals surface area contributed by atoms with Crippen molar-refractivity contribution in [3.63, 3.8) is 0 Å². The highest BCUT2D eigenvalue weighted by atomic mass is 33.1. The van der Waals surface area contributed by atoms with Gasteiger partial charge in [0, 0.05) is 37.4 Å². The Hall–Kier alpha value is -3.38. The molecule has 4 amide bonds. The van der Waals surface area contributed by atoms with Crippen LogP contribution >= 0.6 is 21.6 Å². The van der Waals surface area contributed by atoms with Crippen LogP contribution in [0, 0.1) is 0 Å². The van der Waals surface area contributed by atoms with Crippen LogP contribution in [0.15, 0.2) is 60.7 Å². The Bertz CT molecular complexity index is 1090. The number of rotatable bonds is 15. The summed E-state index contributed by atoms with van der Waals surface area (Å²) in [6, 6.07) is 17.4. The lowest BCUT2D eigenvalue weighted by Gasteiger charge is -2.23. The fraction of sp³-hybridized carbons (Fsp3) is 0.500. The molecule has 0 spiro atoms. The van der Waals surface area contributed by atoms with Crippen molar-refractivity contribution in [3.05, 3.63) is 71.8 Å².